The lowest BCUT2D eigenvalue weighted by Gasteiger charge is -2.40. The fourth-order valence-electron chi connectivity index (χ4n) is 3.99. The monoisotopic (exact) mass is 316 g/mol. The molecule has 0 saturated heterocycles. The quantitative estimate of drug-likeness (QED) is 0.745. The standard InChI is InChI=1S/C19H17F3N/c20-19(21,22)14-5-1-3-13(11-14)15-8-9-16(15)17-7-6-12-4-2-10-23-18(12)17/h1-5,10-11,16-17H,6-9H2. The summed E-state index contributed by atoms with van der Waals surface area (Å²) in [7, 11) is 0. The van der Waals surface area contributed by atoms with Crippen LogP contribution in [0.25, 0.3) is 0 Å². The van der Waals surface area contributed by atoms with Gasteiger partial charge in [-0.15, -0.1) is 0 Å². The number of pyridine rings is 1. The molecule has 1 nitrogen and oxygen atoms in total. The van der Waals surface area contributed by atoms with E-state index in [0.29, 0.717) is 11.8 Å². The minimum atomic E-state index is -4.28. The molecule has 0 amide bonds. The summed E-state index contributed by atoms with van der Waals surface area (Å²) in [5.41, 5.74) is 2.65. The first-order valence-electron chi connectivity index (χ1n) is 8.01. The molecular formula is C19H17F3N. The molecular weight excluding hydrogens is 299 g/mol. The Morgan fingerprint density at radius 2 is 1.78 bits per heavy atom. The van der Waals surface area contributed by atoms with Crippen LogP contribution in [0.15, 0.2) is 42.6 Å². The minimum Gasteiger partial charge on any atom is -0.261 e. The van der Waals surface area contributed by atoms with Crippen molar-refractivity contribution in [1.29, 1.82) is 0 Å². The molecule has 23 heavy (non-hydrogen) atoms. The molecule has 119 valence electrons. The SMILES string of the molecule is FC(F)(F)c1cccc([C]2CCC2C2CCc3cccnc32)c1. The van der Waals surface area contributed by atoms with E-state index in [4.69, 9.17) is 0 Å². The van der Waals surface area contributed by atoms with Crippen LogP contribution < -0.4 is 0 Å². The molecule has 4 heteroatoms. The number of rotatable bonds is 2. The highest BCUT2D eigenvalue weighted by Crippen LogP contribution is 2.53. The number of halogens is 3. The number of alkyl halides is 3. The smallest absolute Gasteiger partial charge is 0.261 e. The fraction of sp³-hybridized carbons (Fsp3) is 0.368. The number of benzene rings is 1. The Hall–Kier alpha value is -1.84. The molecule has 0 bridgehead atoms. The van der Waals surface area contributed by atoms with E-state index in [0.717, 1.165) is 43.0 Å². The Morgan fingerprint density at radius 1 is 0.957 bits per heavy atom. The van der Waals surface area contributed by atoms with Crippen LogP contribution >= 0.6 is 0 Å². The van der Waals surface area contributed by atoms with Crippen molar-refractivity contribution in [3.8, 4) is 0 Å². The van der Waals surface area contributed by atoms with Crippen LogP contribution in [-0.2, 0) is 12.6 Å². The van der Waals surface area contributed by atoms with E-state index in [-0.39, 0.29) is 0 Å². The van der Waals surface area contributed by atoms with E-state index in [2.05, 4.69) is 11.1 Å². The van der Waals surface area contributed by atoms with E-state index in [1.54, 1.807) is 0 Å². The fourth-order valence-corrected chi connectivity index (χ4v) is 3.99. The number of aryl methyl sites for hydroxylation is 1. The molecule has 1 aromatic heterocycles. The molecule has 2 aromatic rings. The van der Waals surface area contributed by atoms with Gasteiger partial charge in [0.2, 0.25) is 0 Å². The van der Waals surface area contributed by atoms with Gasteiger partial charge in [0, 0.05) is 23.7 Å². The van der Waals surface area contributed by atoms with Crippen LogP contribution in [-0.4, -0.2) is 4.98 Å². The Labute approximate surface area is 133 Å². The van der Waals surface area contributed by atoms with Crippen molar-refractivity contribution in [2.24, 2.45) is 5.92 Å². The second-order valence-electron chi connectivity index (χ2n) is 6.44. The lowest BCUT2D eigenvalue weighted by atomic mass is 9.63. The summed E-state index contributed by atoms with van der Waals surface area (Å²) in [6.07, 6.45) is 1.56. The van der Waals surface area contributed by atoms with Gasteiger partial charge in [-0.25, -0.2) is 0 Å². The Balaban J connectivity index is 1.60. The third-order valence-electron chi connectivity index (χ3n) is 5.22. The van der Waals surface area contributed by atoms with Gasteiger partial charge in [0.15, 0.2) is 0 Å². The topological polar surface area (TPSA) is 12.9 Å². The predicted octanol–water partition coefficient (Wildman–Crippen LogP) is 5.16. The molecule has 1 fully saturated rings. The van der Waals surface area contributed by atoms with Crippen LogP contribution in [0.5, 0.6) is 0 Å². The van der Waals surface area contributed by atoms with Crippen molar-refractivity contribution in [2.75, 3.05) is 0 Å². The second kappa shape index (κ2) is 5.36. The van der Waals surface area contributed by atoms with Crippen molar-refractivity contribution >= 4 is 0 Å². The molecule has 0 N–H and O–H groups in total. The minimum absolute atomic E-state index is 0.342. The number of hydrogen-bond donors (Lipinski definition) is 0. The molecule has 1 radical (unpaired) electrons. The Bertz CT molecular complexity index is 723. The zero-order chi connectivity index (χ0) is 16.0. The number of fused-ring (bicyclic) bond motifs is 1. The van der Waals surface area contributed by atoms with Gasteiger partial charge in [-0.3, -0.25) is 4.98 Å². The molecule has 1 heterocycles. The van der Waals surface area contributed by atoms with E-state index >= 15 is 0 Å². The number of hydrogen-bond acceptors (Lipinski definition) is 1. The van der Waals surface area contributed by atoms with E-state index in [1.807, 2.05) is 18.3 Å². The van der Waals surface area contributed by atoms with E-state index < -0.39 is 11.7 Å². The van der Waals surface area contributed by atoms with E-state index in [9.17, 15) is 13.2 Å². The molecule has 2 atom stereocenters. The molecule has 0 spiro atoms. The van der Waals surface area contributed by atoms with Crippen LogP contribution in [0, 0.1) is 11.8 Å². The molecule has 2 unspecified atom stereocenters. The maximum atomic E-state index is 12.9. The molecule has 2 aliphatic rings. The average Bonchev–Trinajstić information content (AvgIpc) is 2.90. The highest BCUT2D eigenvalue weighted by Gasteiger charge is 2.42. The lowest BCUT2D eigenvalue weighted by Crippen LogP contribution is -2.30. The summed E-state index contributed by atoms with van der Waals surface area (Å²) in [4.78, 5) is 4.54. The summed E-state index contributed by atoms with van der Waals surface area (Å²) in [5, 5.41) is 0. The molecule has 1 saturated carbocycles. The summed E-state index contributed by atoms with van der Waals surface area (Å²) in [6.45, 7) is 0. The average molecular weight is 316 g/mol. The van der Waals surface area contributed by atoms with Crippen molar-refractivity contribution < 1.29 is 13.2 Å². The third-order valence-corrected chi connectivity index (χ3v) is 5.22. The van der Waals surface area contributed by atoms with Gasteiger partial charge in [-0.1, -0.05) is 24.3 Å². The van der Waals surface area contributed by atoms with Crippen molar-refractivity contribution in [3.05, 3.63) is 70.9 Å². The van der Waals surface area contributed by atoms with Crippen molar-refractivity contribution in [3.63, 3.8) is 0 Å². The normalized spacial score (nSPS) is 24.3. The van der Waals surface area contributed by atoms with Crippen molar-refractivity contribution in [2.45, 2.75) is 37.8 Å². The van der Waals surface area contributed by atoms with Gasteiger partial charge in [0.25, 0.3) is 0 Å². The van der Waals surface area contributed by atoms with Gasteiger partial charge in [-0.05, 0) is 54.9 Å². The molecule has 2 aliphatic carbocycles. The van der Waals surface area contributed by atoms with Gasteiger partial charge in [0.1, 0.15) is 0 Å². The van der Waals surface area contributed by atoms with Gasteiger partial charge in [-0.2, -0.15) is 13.2 Å². The first-order valence-corrected chi connectivity index (χ1v) is 8.01. The number of aromatic nitrogens is 1. The van der Waals surface area contributed by atoms with Crippen LogP contribution in [0.3, 0.4) is 0 Å². The zero-order valence-corrected chi connectivity index (χ0v) is 12.6. The summed E-state index contributed by atoms with van der Waals surface area (Å²) < 4.78 is 38.8. The zero-order valence-electron chi connectivity index (χ0n) is 12.6. The highest BCUT2D eigenvalue weighted by molar-refractivity contribution is 5.42. The first-order chi connectivity index (χ1) is 11.0. The predicted molar refractivity (Wildman–Crippen MR) is 81.8 cm³/mol. The van der Waals surface area contributed by atoms with Gasteiger partial charge >= 0.3 is 6.18 Å². The van der Waals surface area contributed by atoms with E-state index in [1.165, 1.54) is 23.6 Å². The third kappa shape index (κ3) is 2.54. The maximum absolute atomic E-state index is 12.9. The summed E-state index contributed by atoms with van der Waals surface area (Å²) in [5.74, 6) is 1.87. The Morgan fingerprint density at radius 3 is 2.52 bits per heavy atom. The largest absolute Gasteiger partial charge is 0.416 e. The Kier molecular flexibility index (Phi) is 3.43. The summed E-state index contributed by atoms with van der Waals surface area (Å²) in [6, 6.07) is 9.84. The highest BCUT2D eigenvalue weighted by atomic mass is 19.4. The lowest BCUT2D eigenvalue weighted by molar-refractivity contribution is -0.137. The first kappa shape index (κ1) is 14.7. The van der Waals surface area contributed by atoms with Crippen LogP contribution in [0.2, 0.25) is 0 Å². The molecule has 4 rings (SSSR count). The van der Waals surface area contributed by atoms with Crippen LogP contribution in [0.1, 0.15) is 47.6 Å². The van der Waals surface area contributed by atoms with Gasteiger partial charge in [0.05, 0.1) is 5.56 Å². The maximum Gasteiger partial charge on any atom is 0.416 e. The van der Waals surface area contributed by atoms with Crippen LogP contribution in [0.4, 0.5) is 13.2 Å². The molecule has 0 aliphatic heterocycles. The second-order valence-corrected chi connectivity index (χ2v) is 6.44. The molecule has 1 aromatic carbocycles. The number of nitrogens with zero attached hydrogens (tertiary/aromatic N) is 1. The summed E-state index contributed by atoms with van der Waals surface area (Å²) >= 11 is 0. The van der Waals surface area contributed by atoms with Gasteiger partial charge < -0.3 is 0 Å². The van der Waals surface area contributed by atoms with Crippen molar-refractivity contribution in [1.82, 2.24) is 4.98 Å².